The van der Waals surface area contributed by atoms with Crippen LogP contribution in [0, 0.1) is 6.92 Å². The molecular formula is C15H9Cl3O5. The molecule has 2 aromatic carbocycles. The van der Waals surface area contributed by atoms with Crippen molar-refractivity contribution in [1.82, 2.24) is 0 Å². The van der Waals surface area contributed by atoms with Crippen LogP contribution in [-0.4, -0.2) is 17.3 Å². The van der Waals surface area contributed by atoms with Gasteiger partial charge < -0.3 is 19.4 Å². The first-order valence-electron chi connectivity index (χ1n) is 6.32. The lowest BCUT2D eigenvalue weighted by Crippen LogP contribution is -2.06. The van der Waals surface area contributed by atoms with Crippen molar-refractivity contribution in [3.8, 4) is 17.2 Å². The van der Waals surface area contributed by atoms with Crippen LogP contribution in [0.1, 0.15) is 5.56 Å². The minimum Gasteiger partial charge on any atom is -0.506 e. The summed E-state index contributed by atoms with van der Waals surface area (Å²) < 4.78 is 10.6. The van der Waals surface area contributed by atoms with Crippen molar-refractivity contribution in [2.75, 3.05) is 7.11 Å². The molecule has 0 atom stereocenters. The second kappa shape index (κ2) is 5.37. The number of fused-ring (bicyclic) bond motifs is 2. The quantitative estimate of drug-likeness (QED) is 0.606. The smallest absolute Gasteiger partial charge is 0.204 e. The van der Waals surface area contributed by atoms with Crippen LogP contribution >= 0.6 is 34.8 Å². The van der Waals surface area contributed by atoms with Crippen molar-refractivity contribution < 1.29 is 19.4 Å². The number of methoxy groups -OCH3 is 1. The van der Waals surface area contributed by atoms with E-state index >= 15 is 0 Å². The largest absolute Gasteiger partial charge is 0.506 e. The number of rotatable bonds is 1. The zero-order valence-electron chi connectivity index (χ0n) is 11.8. The minimum absolute atomic E-state index is 0.0178. The molecule has 5 nitrogen and oxygen atoms in total. The summed E-state index contributed by atoms with van der Waals surface area (Å²) in [6.07, 6.45) is 0. The summed E-state index contributed by atoms with van der Waals surface area (Å²) in [4.78, 5) is 12.8. The normalized spacial score (nSPS) is 11.3. The van der Waals surface area contributed by atoms with E-state index in [2.05, 4.69) is 0 Å². The number of aryl methyl sites for hydroxylation is 1. The summed E-state index contributed by atoms with van der Waals surface area (Å²) in [5, 5.41) is 19.7. The summed E-state index contributed by atoms with van der Waals surface area (Å²) in [7, 11) is 1.31. The van der Waals surface area contributed by atoms with Gasteiger partial charge in [0.05, 0.1) is 17.5 Å². The molecule has 1 heterocycles. The molecule has 0 saturated heterocycles. The Bertz CT molecular complexity index is 1040. The number of halogens is 3. The van der Waals surface area contributed by atoms with Crippen molar-refractivity contribution in [2.24, 2.45) is 0 Å². The van der Waals surface area contributed by atoms with Crippen LogP contribution in [0.2, 0.25) is 15.1 Å². The summed E-state index contributed by atoms with van der Waals surface area (Å²) >= 11 is 18.1. The van der Waals surface area contributed by atoms with E-state index in [0.29, 0.717) is 5.56 Å². The van der Waals surface area contributed by atoms with Gasteiger partial charge in [-0.1, -0.05) is 34.8 Å². The topological polar surface area (TPSA) is 79.9 Å². The first-order chi connectivity index (χ1) is 10.8. The number of aromatic hydroxyl groups is 2. The van der Waals surface area contributed by atoms with Gasteiger partial charge in [0.15, 0.2) is 17.1 Å². The molecule has 1 aromatic heterocycles. The van der Waals surface area contributed by atoms with E-state index in [1.165, 1.54) is 13.2 Å². The molecule has 3 aromatic rings. The summed E-state index contributed by atoms with van der Waals surface area (Å²) in [5.74, 6) is -0.752. The van der Waals surface area contributed by atoms with E-state index in [9.17, 15) is 15.0 Å². The predicted octanol–water partition coefficient (Wildman–Crippen LogP) is 4.63. The SMILES string of the molecule is COc1c(Cl)c(O)c2c(=O)c3c(C)c(Cl)c(O)cc3oc2c1Cl. The average molecular weight is 376 g/mol. The van der Waals surface area contributed by atoms with Crippen LogP contribution in [-0.2, 0) is 0 Å². The van der Waals surface area contributed by atoms with Gasteiger partial charge >= 0.3 is 0 Å². The molecule has 3 rings (SSSR count). The Labute approximate surface area is 144 Å². The Balaban J connectivity index is 2.68. The molecule has 0 radical (unpaired) electrons. The molecular weight excluding hydrogens is 367 g/mol. The van der Waals surface area contributed by atoms with Gasteiger partial charge in [-0.05, 0) is 12.5 Å². The Kier molecular flexibility index (Phi) is 3.75. The Morgan fingerprint density at radius 3 is 2.35 bits per heavy atom. The Morgan fingerprint density at radius 1 is 1.09 bits per heavy atom. The highest BCUT2D eigenvalue weighted by molar-refractivity contribution is 6.42. The number of phenols is 2. The van der Waals surface area contributed by atoms with Gasteiger partial charge in [-0.2, -0.15) is 0 Å². The Hall–Kier alpha value is -1.82. The zero-order valence-corrected chi connectivity index (χ0v) is 14.1. The fraction of sp³-hybridized carbons (Fsp3) is 0.133. The molecule has 0 spiro atoms. The highest BCUT2D eigenvalue weighted by Crippen LogP contribution is 2.46. The van der Waals surface area contributed by atoms with E-state index in [1.807, 2.05) is 0 Å². The molecule has 0 fully saturated rings. The first kappa shape index (κ1) is 16.1. The van der Waals surface area contributed by atoms with Crippen molar-refractivity contribution in [2.45, 2.75) is 6.92 Å². The third kappa shape index (κ3) is 2.11. The van der Waals surface area contributed by atoms with Crippen molar-refractivity contribution in [3.63, 3.8) is 0 Å². The second-order valence-corrected chi connectivity index (χ2v) is 5.99. The third-order valence-corrected chi connectivity index (χ3v) is 4.75. The maximum Gasteiger partial charge on any atom is 0.204 e. The number of hydrogen-bond acceptors (Lipinski definition) is 5. The molecule has 0 saturated carbocycles. The second-order valence-electron chi connectivity index (χ2n) is 4.85. The summed E-state index contributed by atoms with van der Waals surface area (Å²) in [6.45, 7) is 1.55. The zero-order chi connectivity index (χ0) is 17.0. The highest BCUT2D eigenvalue weighted by atomic mass is 35.5. The van der Waals surface area contributed by atoms with Gasteiger partial charge in [0.2, 0.25) is 5.43 Å². The van der Waals surface area contributed by atoms with E-state index in [4.69, 9.17) is 44.0 Å². The summed E-state index contributed by atoms with van der Waals surface area (Å²) in [5.41, 5.74) is -0.263. The standard InChI is InChI=1S/C15H9Cl3O5/c1-4-7-6(3-5(19)9(4)16)23-14-8(12(7)20)13(21)10(17)15(22-2)11(14)18/h3,19,21H,1-2H3. The maximum atomic E-state index is 12.8. The van der Waals surface area contributed by atoms with E-state index in [1.54, 1.807) is 6.92 Å². The average Bonchev–Trinajstić information content (AvgIpc) is 2.50. The van der Waals surface area contributed by atoms with Crippen LogP contribution in [0.3, 0.4) is 0 Å². The predicted molar refractivity (Wildman–Crippen MR) is 89.6 cm³/mol. The van der Waals surface area contributed by atoms with E-state index in [-0.39, 0.29) is 48.5 Å². The van der Waals surface area contributed by atoms with Gasteiger partial charge in [0.1, 0.15) is 26.8 Å². The molecule has 0 bridgehead atoms. The molecule has 0 amide bonds. The number of ether oxygens (including phenoxy) is 1. The summed E-state index contributed by atoms with van der Waals surface area (Å²) in [6, 6.07) is 1.21. The number of benzene rings is 2. The van der Waals surface area contributed by atoms with E-state index in [0.717, 1.165) is 0 Å². The molecule has 8 heteroatoms. The van der Waals surface area contributed by atoms with Crippen molar-refractivity contribution >= 4 is 56.7 Å². The van der Waals surface area contributed by atoms with Gasteiger partial charge in [0, 0.05) is 6.07 Å². The van der Waals surface area contributed by atoms with Crippen LogP contribution < -0.4 is 10.2 Å². The fourth-order valence-corrected chi connectivity index (χ4v) is 3.23. The molecule has 0 aliphatic carbocycles. The molecule has 0 unspecified atom stereocenters. The lowest BCUT2D eigenvalue weighted by atomic mass is 10.1. The first-order valence-corrected chi connectivity index (χ1v) is 7.45. The van der Waals surface area contributed by atoms with Crippen LogP contribution in [0.15, 0.2) is 15.3 Å². The highest BCUT2D eigenvalue weighted by Gasteiger charge is 2.24. The molecule has 120 valence electrons. The fourth-order valence-electron chi connectivity index (χ4n) is 2.46. The van der Waals surface area contributed by atoms with Crippen molar-refractivity contribution in [3.05, 3.63) is 36.9 Å². The monoisotopic (exact) mass is 374 g/mol. The van der Waals surface area contributed by atoms with Crippen molar-refractivity contribution in [1.29, 1.82) is 0 Å². The minimum atomic E-state index is -0.565. The lowest BCUT2D eigenvalue weighted by molar-refractivity contribution is 0.409. The number of phenolic OH excluding ortho intramolecular Hbond substituents is 2. The lowest BCUT2D eigenvalue weighted by Gasteiger charge is -2.12. The number of hydrogen-bond donors (Lipinski definition) is 2. The molecule has 2 N–H and O–H groups in total. The van der Waals surface area contributed by atoms with Gasteiger partial charge in [0.25, 0.3) is 0 Å². The van der Waals surface area contributed by atoms with Gasteiger partial charge in [-0.15, -0.1) is 0 Å². The van der Waals surface area contributed by atoms with Gasteiger partial charge in [-0.3, -0.25) is 4.79 Å². The molecule has 23 heavy (non-hydrogen) atoms. The van der Waals surface area contributed by atoms with Crippen LogP contribution in [0.4, 0.5) is 0 Å². The van der Waals surface area contributed by atoms with E-state index < -0.39 is 11.2 Å². The molecule has 0 aliphatic rings. The Morgan fingerprint density at radius 2 is 1.74 bits per heavy atom. The molecule has 0 aliphatic heterocycles. The maximum absolute atomic E-state index is 12.8. The van der Waals surface area contributed by atoms with Crippen LogP contribution in [0.25, 0.3) is 21.9 Å². The van der Waals surface area contributed by atoms with Crippen LogP contribution in [0.5, 0.6) is 17.2 Å². The third-order valence-electron chi connectivity index (χ3n) is 3.58. The van der Waals surface area contributed by atoms with Gasteiger partial charge in [-0.25, -0.2) is 0 Å².